The van der Waals surface area contributed by atoms with Crippen molar-refractivity contribution < 1.29 is 14.9 Å². The van der Waals surface area contributed by atoms with E-state index in [9.17, 15) is 10.2 Å². The molecule has 10 heteroatoms. The molecule has 3 heterocycles. The van der Waals surface area contributed by atoms with Gasteiger partial charge in [-0.3, -0.25) is 4.72 Å². The first kappa shape index (κ1) is 20.5. The number of nitrogen functional groups attached to an aromatic ring is 1. The first-order valence-electron chi connectivity index (χ1n) is 9.70. The molecular formula is C21H20ClN5O3S. The summed E-state index contributed by atoms with van der Waals surface area (Å²) in [5.41, 5.74) is 7.11. The van der Waals surface area contributed by atoms with E-state index in [2.05, 4.69) is 14.8 Å². The van der Waals surface area contributed by atoms with E-state index in [1.807, 2.05) is 36.4 Å². The van der Waals surface area contributed by atoms with Gasteiger partial charge in [-0.25, -0.2) is 9.50 Å². The molecule has 0 saturated carbocycles. The Morgan fingerprint density at radius 3 is 2.90 bits per heavy atom. The molecule has 4 atom stereocenters. The number of nitrogens with two attached hydrogens (primary N) is 1. The fourth-order valence-corrected chi connectivity index (χ4v) is 4.82. The van der Waals surface area contributed by atoms with Crippen LogP contribution in [0.15, 0.2) is 59.8 Å². The Morgan fingerprint density at radius 1 is 1.16 bits per heavy atom. The molecule has 0 unspecified atom stereocenters. The molecule has 0 bridgehead atoms. The fourth-order valence-electron chi connectivity index (χ4n) is 3.84. The van der Waals surface area contributed by atoms with Crippen LogP contribution in [0.2, 0.25) is 5.02 Å². The zero-order chi connectivity index (χ0) is 21.5. The van der Waals surface area contributed by atoms with Gasteiger partial charge in [-0.15, -0.1) is 0 Å². The molecule has 2 aromatic carbocycles. The Kier molecular flexibility index (Phi) is 5.47. The van der Waals surface area contributed by atoms with Gasteiger partial charge in [0.15, 0.2) is 5.82 Å². The summed E-state index contributed by atoms with van der Waals surface area (Å²) in [7, 11) is 0. The van der Waals surface area contributed by atoms with Crippen molar-refractivity contribution in [3.63, 3.8) is 0 Å². The van der Waals surface area contributed by atoms with E-state index in [4.69, 9.17) is 22.1 Å². The Balaban J connectivity index is 1.27. The predicted octanol–water partition coefficient (Wildman–Crippen LogP) is 2.58. The largest absolute Gasteiger partial charge is 0.388 e. The maximum absolute atomic E-state index is 10.6. The number of ether oxygens (including phenoxy) is 1. The summed E-state index contributed by atoms with van der Waals surface area (Å²) in [6.07, 6.45) is -2.11. The molecule has 1 saturated heterocycles. The number of aromatic nitrogens is 3. The van der Waals surface area contributed by atoms with Crippen molar-refractivity contribution in [1.29, 1.82) is 0 Å². The molecule has 31 heavy (non-hydrogen) atoms. The number of anilines is 1. The number of halogens is 1. The van der Waals surface area contributed by atoms with Crippen LogP contribution in [0.1, 0.15) is 11.8 Å². The first-order chi connectivity index (χ1) is 15.0. The quantitative estimate of drug-likeness (QED) is 0.338. The molecule has 1 fully saturated rings. The smallest absolute Gasteiger partial charge is 0.151 e. The van der Waals surface area contributed by atoms with Crippen LogP contribution >= 0.6 is 23.5 Å². The Morgan fingerprint density at radius 2 is 2.03 bits per heavy atom. The van der Waals surface area contributed by atoms with Gasteiger partial charge in [0.2, 0.25) is 0 Å². The van der Waals surface area contributed by atoms with Crippen molar-refractivity contribution in [3.05, 3.63) is 65.6 Å². The molecule has 5 N–H and O–H groups in total. The van der Waals surface area contributed by atoms with Gasteiger partial charge in [0.05, 0.1) is 5.69 Å². The van der Waals surface area contributed by atoms with Gasteiger partial charge in [-0.1, -0.05) is 29.8 Å². The normalized spacial score (nSPS) is 23.7. The minimum atomic E-state index is -1.09. The number of nitrogens with one attached hydrogen (secondary N) is 1. The van der Waals surface area contributed by atoms with E-state index < -0.39 is 24.4 Å². The van der Waals surface area contributed by atoms with Crippen LogP contribution in [0.5, 0.6) is 0 Å². The number of hydrogen-bond acceptors (Lipinski definition) is 8. The van der Waals surface area contributed by atoms with Crippen LogP contribution in [0, 0.1) is 0 Å². The Labute approximate surface area is 187 Å². The third-order valence-corrected chi connectivity index (χ3v) is 6.57. The molecule has 4 aromatic rings. The van der Waals surface area contributed by atoms with Gasteiger partial charge in [-0.2, -0.15) is 5.10 Å². The van der Waals surface area contributed by atoms with E-state index in [-0.39, 0.29) is 0 Å². The Hall–Kier alpha value is -2.40. The number of fused-ring (bicyclic) bond motifs is 2. The molecule has 160 valence electrons. The molecule has 0 amide bonds. The molecule has 1 aliphatic heterocycles. The highest BCUT2D eigenvalue weighted by Crippen LogP contribution is 2.35. The van der Waals surface area contributed by atoms with Crippen LogP contribution in [0.3, 0.4) is 0 Å². The van der Waals surface area contributed by atoms with Crippen LogP contribution in [-0.2, 0) is 4.74 Å². The van der Waals surface area contributed by atoms with Crippen LogP contribution in [-0.4, -0.2) is 49.7 Å². The lowest BCUT2D eigenvalue weighted by Crippen LogP contribution is -2.35. The number of hydrogen-bond donors (Lipinski definition) is 4. The van der Waals surface area contributed by atoms with Gasteiger partial charge < -0.3 is 20.7 Å². The molecule has 2 aromatic heterocycles. The maximum atomic E-state index is 10.6. The van der Waals surface area contributed by atoms with Gasteiger partial charge in [0.1, 0.15) is 36.3 Å². The molecule has 5 rings (SSSR count). The third-order valence-electron chi connectivity index (χ3n) is 5.44. The average molecular weight is 458 g/mol. The van der Waals surface area contributed by atoms with Crippen molar-refractivity contribution >= 4 is 45.7 Å². The lowest BCUT2D eigenvalue weighted by Gasteiger charge is -2.15. The number of rotatable bonds is 5. The second-order valence-corrected chi connectivity index (χ2v) is 8.72. The highest BCUT2D eigenvalue weighted by molar-refractivity contribution is 7.97. The highest BCUT2D eigenvalue weighted by Gasteiger charge is 2.44. The van der Waals surface area contributed by atoms with Gasteiger partial charge in [0.25, 0.3) is 0 Å². The highest BCUT2D eigenvalue weighted by atomic mass is 35.5. The summed E-state index contributed by atoms with van der Waals surface area (Å²) < 4.78 is 10.8. The molecule has 0 spiro atoms. The SMILES string of the molecule is Nc1ncnn2c([C@@H]3O[C@H](CNSc4ccc5c(Cl)cccc5c4)[C@@H](O)[C@H]3O)ccc12. The summed E-state index contributed by atoms with van der Waals surface area (Å²) in [6, 6.07) is 15.3. The van der Waals surface area contributed by atoms with Crippen molar-refractivity contribution in [3.8, 4) is 0 Å². The van der Waals surface area contributed by atoms with Crippen molar-refractivity contribution in [1.82, 2.24) is 19.3 Å². The number of aliphatic hydroxyl groups excluding tert-OH is 2. The second-order valence-electron chi connectivity index (χ2n) is 7.35. The van der Waals surface area contributed by atoms with Gasteiger partial charge in [-0.05, 0) is 47.7 Å². The molecule has 8 nitrogen and oxygen atoms in total. The van der Waals surface area contributed by atoms with E-state index in [1.165, 1.54) is 18.3 Å². The minimum Gasteiger partial charge on any atom is -0.388 e. The lowest BCUT2D eigenvalue weighted by molar-refractivity contribution is 0.00702. The fraction of sp³-hybridized carbons (Fsp3) is 0.238. The molecular weight excluding hydrogens is 438 g/mol. The Bertz CT molecular complexity index is 1250. The average Bonchev–Trinajstić information content (AvgIpc) is 3.31. The third kappa shape index (κ3) is 3.73. The number of nitrogens with zero attached hydrogens (tertiary/aromatic N) is 3. The van der Waals surface area contributed by atoms with Gasteiger partial charge in [0, 0.05) is 21.8 Å². The summed E-state index contributed by atoms with van der Waals surface area (Å²) in [5.74, 6) is 0.334. The topological polar surface area (TPSA) is 118 Å². The lowest BCUT2D eigenvalue weighted by atomic mass is 10.1. The van der Waals surface area contributed by atoms with Crippen molar-refractivity contribution in [2.75, 3.05) is 12.3 Å². The van der Waals surface area contributed by atoms with E-state index in [0.29, 0.717) is 23.6 Å². The summed E-state index contributed by atoms with van der Waals surface area (Å²) in [5, 5.41) is 28.0. The van der Waals surface area contributed by atoms with Crippen LogP contribution in [0.4, 0.5) is 5.82 Å². The van der Waals surface area contributed by atoms with Crippen molar-refractivity contribution in [2.45, 2.75) is 29.3 Å². The van der Waals surface area contributed by atoms with Gasteiger partial charge >= 0.3 is 0 Å². The maximum Gasteiger partial charge on any atom is 0.151 e. The zero-order valence-corrected chi connectivity index (χ0v) is 17.8. The zero-order valence-electron chi connectivity index (χ0n) is 16.2. The number of benzene rings is 2. The first-order valence-corrected chi connectivity index (χ1v) is 10.9. The van der Waals surface area contributed by atoms with Crippen molar-refractivity contribution in [2.24, 2.45) is 0 Å². The van der Waals surface area contributed by atoms with Crippen LogP contribution < -0.4 is 10.5 Å². The van der Waals surface area contributed by atoms with Crippen LogP contribution in [0.25, 0.3) is 16.3 Å². The number of aliphatic hydroxyl groups is 2. The summed E-state index contributed by atoms with van der Waals surface area (Å²) in [4.78, 5) is 4.97. The minimum absolute atomic E-state index is 0.334. The van der Waals surface area contributed by atoms with E-state index >= 15 is 0 Å². The monoisotopic (exact) mass is 457 g/mol. The molecule has 1 aliphatic rings. The summed E-state index contributed by atoms with van der Waals surface area (Å²) in [6.45, 7) is 0.341. The second kappa shape index (κ2) is 8.27. The standard InChI is InChI=1S/C21H20ClN5O3S/c22-14-3-1-2-11-8-12(4-5-13(11)14)31-26-9-17-18(28)19(29)20(30-17)15-6-7-16-21(23)24-10-25-27(15)16/h1-8,10,17-20,26,28-29H,9H2,(H2,23,24,25)/t17-,18-,19-,20+/m1/s1. The summed E-state index contributed by atoms with van der Waals surface area (Å²) >= 11 is 7.65. The van der Waals surface area contributed by atoms with E-state index in [0.717, 1.165) is 20.7 Å². The van der Waals surface area contributed by atoms with E-state index in [1.54, 1.807) is 16.6 Å². The predicted molar refractivity (Wildman–Crippen MR) is 120 cm³/mol. The molecule has 0 aliphatic carbocycles. The molecule has 0 radical (unpaired) electrons.